The first kappa shape index (κ1) is 24.6. The third-order valence-corrected chi connectivity index (χ3v) is 4.76. The van der Waals surface area contributed by atoms with E-state index in [0.29, 0.717) is 17.5 Å². The third kappa shape index (κ3) is 5.82. The van der Waals surface area contributed by atoms with E-state index in [1.165, 1.54) is 11.8 Å². The first-order chi connectivity index (χ1) is 16.2. The second kappa shape index (κ2) is 10.7. The molecular weight excluding hydrogens is 459 g/mol. The molecule has 1 heterocycles. The zero-order chi connectivity index (χ0) is 24.8. The summed E-state index contributed by atoms with van der Waals surface area (Å²) >= 11 is 0. The number of rotatable bonds is 8. The van der Waals surface area contributed by atoms with Crippen LogP contribution < -0.4 is 20.3 Å². The van der Waals surface area contributed by atoms with Crippen molar-refractivity contribution in [3.63, 3.8) is 0 Å². The summed E-state index contributed by atoms with van der Waals surface area (Å²) in [7, 11) is 0. The molecule has 0 fully saturated rings. The van der Waals surface area contributed by atoms with Gasteiger partial charge in [0, 0.05) is 6.54 Å². The SMILES string of the molecule is C[C@H](OC(=O)CCN1C(=O)COc2ccccc21)C(=O)NCC(=O)Nc1ccc(F)c(F)c1F. The number of benzene rings is 2. The molecule has 3 amide bonds. The Labute approximate surface area is 191 Å². The van der Waals surface area contributed by atoms with Crippen molar-refractivity contribution in [3.05, 3.63) is 53.8 Å². The highest BCUT2D eigenvalue weighted by molar-refractivity contribution is 5.98. The van der Waals surface area contributed by atoms with Crippen molar-refractivity contribution < 1.29 is 41.8 Å². The highest BCUT2D eigenvalue weighted by Gasteiger charge is 2.26. The topological polar surface area (TPSA) is 114 Å². The summed E-state index contributed by atoms with van der Waals surface area (Å²) < 4.78 is 50.1. The van der Waals surface area contributed by atoms with Crippen molar-refractivity contribution >= 4 is 35.1 Å². The molecule has 0 spiro atoms. The van der Waals surface area contributed by atoms with Crippen molar-refractivity contribution in [3.8, 4) is 5.75 Å². The quantitative estimate of drug-likeness (QED) is 0.442. The Morgan fingerprint density at radius 2 is 1.85 bits per heavy atom. The minimum Gasteiger partial charge on any atom is -0.482 e. The first-order valence-electron chi connectivity index (χ1n) is 10.1. The molecule has 1 aliphatic heterocycles. The standard InChI is InChI=1S/C22H20F3N3O6/c1-12(22(32)26-10-17(29)27-14-7-6-13(23)20(24)21(14)25)34-19(31)8-9-28-15-4-2-3-5-16(15)33-11-18(28)30/h2-7,12H,8-11H2,1H3,(H,26,32)(H,27,29)/t12-/m0/s1. The van der Waals surface area contributed by atoms with Crippen molar-refractivity contribution in [2.24, 2.45) is 0 Å². The Morgan fingerprint density at radius 1 is 1.12 bits per heavy atom. The summed E-state index contributed by atoms with van der Waals surface area (Å²) in [6.45, 7) is 0.476. The number of halogens is 3. The molecule has 9 nitrogen and oxygen atoms in total. The van der Waals surface area contributed by atoms with Crippen LogP contribution >= 0.6 is 0 Å². The molecular formula is C22H20F3N3O6. The zero-order valence-electron chi connectivity index (χ0n) is 17.9. The molecule has 3 rings (SSSR count). The number of carbonyl (C=O) groups excluding carboxylic acids is 4. The Hall–Kier alpha value is -4.09. The molecule has 0 aliphatic carbocycles. The average molecular weight is 479 g/mol. The van der Waals surface area contributed by atoms with Crippen LogP contribution in [0.4, 0.5) is 24.5 Å². The van der Waals surface area contributed by atoms with E-state index < -0.39 is 53.6 Å². The number of anilines is 2. The van der Waals surface area contributed by atoms with E-state index in [1.807, 2.05) is 5.32 Å². The average Bonchev–Trinajstić information content (AvgIpc) is 2.82. The molecule has 34 heavy (non-hydrogen) atoms. The molecule has 180 valence electrons. The predicted octanol–water partition coefficient (Wildman–Crippen LogP) is 1.91. The van der Waals surface area contributed by atoms with Gasteiger partial charge in [-0.2, -0.15) is 0 Å². The highest BCUT2D eigenvalue weighted by atomic mass is 19.2. The Bertz CT molecular complexity index is 1130. The molecule has 12 heteroatoms. The zero-order valence-corrected chi connectivity index (χ0v) is 17.9. The number of fused-ring (bicyclic) bond motifs is 1. The highest BCUT2D eigenvalue weighted by Crippen LogP contribution is 2.31. The smallest absolute Gasteiger partial charge is 0.308 e. The lowest BCUT2D eigenvalue weighted by atomic mass is 10.2. The number of para-hydroxylation sites is 2. The van der Waals surface area contributed by atoms with E-state index in [2.05, 4.69) is 5.32 Å². The Balaban J connectivity index is 1.44. The maximum Gasteiger partial charge on any atom is 0.308 e. The van der Waals surface area contributed by atoms with Crippen LogP contribution in [0.3, 0.4) is 0 Å². The minimum absolute atomic E-state index is 0.00851. The normalized spacial score (nSPS) is 13.4. The van der Waals surface area contributed by atoms with Crippen LogP contribution in [0.15, 0.2) is 36.4 Å². The minimum atomic E-state index is -1.75. The Morgan fingerprint density at radius 3 is 2.62 bits per heavy atom. The molecule has 1 atom stereocenters. The van der Waals surface area contributed by atoms with Gasteiger partial charge < -0.3 is 25.0 Å². The van der Waals surface area contributed by atoms with E-state index in [4.69, 9.17) is 9.47 Å². The molecule has 0 bridgehead atoms. The monoisotopic (exact) mass is 479 g/mol. The number of carbonyl (C=O) groups is 4. The number of ether oxygens (including phenoxy) is 2. The van der Waals surface area contributed by atoms with Gasteiger partial charge in [-0.25, -0.2) is 13.2 Å². The third-order valence-electron chi connectivity index (χ3n) is 4.76. The molecule has 0 unspecified atom stereocenters. The van der Waals surface area contributed by atoms with Crippen LogP contribution in [0.5, 0.6) is 5.75 Å². The van der Waals surface area contributed by atoms with E-state index in [-0.39, 0.29) is 25.5 Å². The number of hydrogen-bond donors (Lipinski definition) is 2. The number of nitrogens with one attached hydrogen (secondary N) is 2. The molecule has 2 aromatic carbocycles. The number of esters is 1. The largest absolute Gasteiger partial charge is 0.482 e. The van der Waals surface area contributed by atoms with Crippen molar-refractivity contribution in [1.82, 2.24) is 5.32 Å². The van der Waals surface area contributed by atoms with Crippen molar-refractivity contribution in [1.29, 1.82) is 0 Å². The number of amides is 3. The summed E-state index contributed by atoms with van der Waals surface area (Å²) in [5, 5.41) is 4.17. The van der Waals surface area contributed by atoms with E-state index in [1.54, 1.807) is 24.3 Å². The van der Waals surface area contributed by atoms with Gasteiger partial charge in [0.15, 0.2) is 30.2 Å². The number of nitrogens with zero attached hydrogens (tertiary/aromatic N) is 1. The fourth-order valence-electron chi connectivity index (χ4n) is 3.04. The van der Waals surface area contributed by atoms with Gasteiger partial charge in [-0.1, -0.05) is 12.1 Å². The lowest BCUT2D eigenvalue weighted by molar-refractivity contribution is -0.154. The van der Waals surface area contributed by atoms with Gasteiger partial charge >= 0.3 is 5.97 Å². The van der Waals surface area contributed by atoms with Gasteiger partial charge in [0.05, 0.1) is 24.3 Å². The van der Waals surface area contributed by atoms with Crippen LogP contribution in [0, 0.1) is 17.5 Å². The first-order valence-corrected chi connectivity index (χ1v) is 10.1. The maximum absolute atomic E-state index is 13.6. The fraction of sp³-hybridized carbons (Fsp3) is 0.273. The molecule has 0 saturated carbocycles. The van der Waals surface area contributed by atoms with Crippen LogP contribution in [-0.4, -0.2) is 49.5 Å². The maximum atomic E-state index is 13.6. The van der Waals surface area contributed by atoms with Crippen LogP contribution in [0.2, 0.25) is 0 Å². The number of hydrogen-bond acceptors (Lipinski definition) is 6. The molecule has 0 aromatic heterocycles. The van der Waals surface area contributed by atoms with Gasteiger partial charge in [0.2, 0.25) is 5.91 Å². The lowest BCUT2D eigenvalue weighted by Crippen LogP contribution is -2.42. The summed E-state index contributed by atoms with van der Waals surface area (Å²) in [6.07, 6.45) is -1.47. The van der Waals surface area contributed by atoms with Gasteiger partial charge in [-0.3, -0.25) is 19.2 Å². The lowest BCUT2D eigenvalue weighted by Gasteiger charge is -2.29. The van der Waals surface area contributed by atoms with Gasteiger partial charge in [0.25, 0.3) is 11.8 Å². The van der Waals surface area contributed by atoms with Crippen molar-refractivity contribution in [2.75, 3.05) is 29.9 Å². The molecule has 0 saturated heterocycles. The van der Waals surface area contributed by atoms with E-state index in [0.717, 1.165) is 6.07 Å². The summed E-state index contributed by atoms with van der Waals surface area (Å²) in [6, 6.07) is 8.29. The second-order valence-electron chi connectivity index (χ2n) is 7.17. The molecule has 1 aliphatic rings. The molecule has 2 N–H and O–H groups in total. The molecule has 0 radical (unpaired) electrons. The van der Waals surface area contributed by atoms with Gasteiger partial charge in [0.1, 0.15) is 5.75 Å². The van der Waals surface area contributed by atoms with Gasteiger partial charge in [-0.05, 0) is 31.2 Å². The van der Waals surface area contributed by atoms with Gasteiger partial charge in [-0.15, -0.1) is 0 Å². The Kier molecular flexibility index (Phi) is 7.71. The van der Waals surface area contributed by atoms with E-state index in [9.17, 15) is 32.3 Å². The van der Waals surface area contributed by atoms with Crippen molar-refractivity contribution in [2.45, 2.75) is 19.4 Å². The van der Waals surface area contributed by atoms with E-state index >= 15 is 0 Å². The van der Waals surface area contributed by atoms with Crippen LogP contribution in [0.25, 0.3) is 0 Å². The summed E-state index contributed by atoms with van der Waals surface area (Å²) in [5.74, 6) is -7.06. The summed E-state index contributed by atoms with van der Waals surface area (Å²) in [5.41, 5.74) is -0.0855. The summed E-state index contributed by atoms with van der Waals surface area (Å²) in [4.78, 5) is 49.6. The molecule has 2 aromatic rings. The van der Waals surface area contributed by atoms with Crippen LogP contribution in [-0.2, 0) is 23.9 Å². The fourth-order valence-corrected chi connectivity index (χ4v) is 3.04. The van der Waals surface area contributed by atoms with Crippen LogP contribution in [0.1, 0.15) is 13.3 Å². The predicted molar refractivity (Wildman–Crippen MR) is 112 cm³/mol. The second-order valence-corrected chi connectivity index (χ2v) is 7.17.